The minimum atomic E-state index is -2.30. The summed E-state index contributed by atoms with van der Waals surface area (Å²) in [5.74, 6) is -7.01. The number of Topliss-reactive ketones (excluding diaryl/α,β-unsaturated/α-hetero) is 1. The first-order valence-corrected chi connectivity index (χ1v) is 10.7. The molecule has 0 N–H and O–H groups in total. The average molecular weight is 360 g/mol. The van der Waals surface area contributed by atoms with Gasteiger partial charge in [-0.3, -0.25) is 4.79 Å². The maximum absolute atomic E-state index is 14.1. The molecular weight excluding hydrogens is 335 g/mol. The molecule has 0 unspecified atom stereocenters. The normalized spacial score (nSPS) is 12.5. The topological polar surface area (TPSA) is 17.1 Å². The Balaban J connectivity index is 3.48. The second-order valence-electron chi connectivity index (χ2n) is 7.43. The molecule has 1 aromatic rings. The van der Waals surface area contributed by atoms with Crippen molar-refractivity contribution in [1.82, 2.24) is 0 Å². The Kier molecular flexibility index (Phi) is 6.47. The Morgan fingerprint density at radius 1 is 0.833 bits per heavy atom. The van der Waals surface area contributed by atoms with Crippen LogP contribution < -0.4 is 5.46 Å². The molecule has 0 aliphatic heterocycles. The number of hydrogen-bond donors (Lipinski definition) is 0. The van der Waals surface area contributed by atoms with Gasteiger partial charge in [-0.15, -0.1) is 0 Å². The fourth-order valence-corrected chi connectivity index (χ4v) is 9.92. The molecule has 0 saturated carbocycles. The van der Waals surface area contributed by atoms with Gasteiger partial charge < -0.3 is 0 Å². The Morgan fingerprint density at radius 2 is 1.17 bits per heavy atom. The molecule has 24 heavy (non-hydrogen) atoms. The van der Waals surface area contributed by atoms with Crippen LogP contribution in [0.15, 0.2) is 0 Å². The van der Waals surface area contributed by atoms with E-state index in [4.69, 9.17) is 0 Å². The minimum absolute atomic E-state index is 0.0320. The van der Waals surface area contributed by atoms with E-state index in [1.54, 1.807) is 0 Å². The first kappa shape index (κ1) is 20.9. The second-order valence-corrected chi connectivity index (χ2v) is 13.5. The van der Waals surface area contributed by atoms with E-state index in [1.165, 1.54) is 0 Å². The molecule has 1 aromatic carbocycles. The van der Waals surface area contributed by atoms with Gasteiger partial charge in [-0.2, -0.15) is 0 Å². The van der Waals surface area contributed by atoms with Gasteiger partial charge in [0.1, 0.15) is 7.85 Å². The van der Waals surface area contributed by atoms with Crippen LogP contribution in [0.1, 0.15) is 51.9 Å². The molecule has 0 heterocycles. The van der Waals surface area contributed by atoms with Gasteiger partial charge in [-0.1, -0.05) is 58.2 Å². The van der Waals surface area contributed by atoms with Gasteiger partial charge in [0.05, 0.1) is 13.6 Å². The summed E-state index contributed by atoms with van der Waals surface area (Å²) in [6, 6.07) is -0.0320. The highest BCUT2D eigenvalue weighted by atomic mass is 28.3. The van der Waals surface area contributed by atoms with E-state index in [9.17, 15) is 22.4 Å². The van der Waals surface area contributed by atoms with Gasteiger partial charge in [0.2, 0.25) is 0 Å². The predicted molar refractivity (Wildman–Crippen MR) is 94.6 cm³/mol. The van der Waals surface area contributed by atoms with Gasteiger partial charge in [0.25, 0.3) is 0 Å². The third-order valence-corrected chi connectivity index (χ3v) is 12.8. The van der Waals surface area contributed by atoms with Crippen molar-refractivity contribution in [3.63, 3.8) is 0 Å². The van der Waals surface area contributed by atoms with Gasteiger partial charge in [0.15, 0.2) is 29.1 Å². The summed E-state index contributed by atoms with van der Waals surface area (Å²) < 4.78 is 55.8. The molecule has 0 radical (unpaired) electrons. The summed E-state index contributed by atoms with van der Waals surface area (Å²) >= 11 is 0. The van der Waals surface area contributed by atoms with Crippen molar-refractivity contribution < 1.29 is 22.4 Å². The van der Waals surface area contributed by atoms with Crippen molar-refractivity contribution in [2.24, 2.45) is 0 Å². The zero-order valence-corrected chi connectivity index (χ0v) is 16.4. The van der Waals surface area contributed by atoms with E-state index < -0.39 is 48.2 Å². The van der Waals surface area contributed by atoms with Crippen LogP contribution in [0.25, 0.3) is 0 Å². The largest absolute Gasteiger partial charge is 0.294 e. The number of carbonyl (C=O) groups is 1. The van der Waals surface area contributed by atoms with Gasteiger partial charge in [-0.05, 0) is 5.46 Å². The van der Waals surface area contributed by atoms with Gasteiger partial charge >= 0.3 is 0 Å². The summed E-state index contributed by atoms with van der Waals surface area (Å²) in [4.78, 5) is 12.7. The zero-order chi connectivity index (χ0) is 19.0. The zero-order valence-electron chi connectivity index (χ0n) is 15.4. The van der Waals surface area contributed by atoms with Crippen LogP contribution in [0, 0.1) is 23.3 Å². The highest BCUT2D eigenvalue weighted by Crippen LogP contribution is 2.45. The van der Waals surface area contributed by atoms with E-state index in [-0.39, 0.29) is 22.7 Å². The van der Waals surface area contributed by atoms with Gasteiger partial charge in [0, 0.05) is 6.04 Å². The van der Waals surface area contributed by atoms with Gasteiger partial charge in [-0.25, -0.2) is 17.6 Å². The van der Waals surface area contributed by atoms with Crippen molar-refractivity contribution in [2.45, 2.75) is 64.2 Å². The highest BCUT2D eigenvalue weighted by Gasteiger charge is 2.45. The summed E-state index contributed by atoms with van der Waals surface area (Å²) in [5.41, 5.74) is -1.26. The Morgan fingerprint density at radius 3 is 1.46 bits per heavy atom. The molecule has 1 nitrogen and oxygen atoms in total. The lowest BCUT2D eigenvalue weighted by Crippen LogP contribution is -2.46. The lowest BCUT2D eigenvalue weighted by Gasteiger charge is -2.42. The van der Waals surface area contributed by atoms with E-state index >= 15 is 0 Å². The molecule has 0 fully saturated rings. The number of halogens is 4. The van der Waals surface area contributed by atoms with Crippen LogP contribution in [0.4, 0.5) is 17.6 Å². The number of hydrogen-bond acceptors (Lipinski definition) is 1. The number of ketones is 1. The first-order valence-electron chi connectivity index (χ1n) is 8.25. The van der Waals surface area contributed by atoms with Crippen LogP contribution in [0.3, 0.4) is 0 Å². The molecule has 0 bridgehead atoms. The van der Waals surface area contributed by atoms with Crippen molar-refractivity contribution in [3.8, 4) is 0 Å². The second kappa shape index (κ2) is 7.42. The maximum Gasteiger partial charge on any atom is 0.172 e. The van der Waals surface area contributed by atoms with E-state index in [1.807, 2.05) is 41.5 Å². The molecule has 0 spiro atoms. The Hall–Kier alpha value is -1.11. The minimum Gasteiger partial charge on any atom is -0.294 e. The smallest absolute Gasteiger partial charge is 0.172 e. The third-order valence-electron chi connectivity index (χ3n) is 5.45. The molecule has 0 amide bonds. The highest BCUT2D eigenvalue weighted by molar-refractivity contribution is 6.86. The van der Waals surface area contributed by atoms with Crippen molar-refractivity contribution in [2.75, 3.05) is 0 Å². The fourth-order valence-electron chi connectivity index (χ4n) is 3.97. The molecule has 134 valence electrons. The fraction of sp³-hybridized carbons (Fsp3) is 0.588. The number of benzene rings is 1. The SMILES string of the molecule is Bc1c(F)c(F)c(C(=O)C[Si](C(C)C)(C(C)C)C(C)C)c(F)c1F. The van der Waals surface area contributed by atoms with E-state index in [0.717, 1.165) is 7.85 Å². The third kappa shape index (κ3) is 3.32. The van der Waals surface area contributed by atoms with Crippen LogP contribution in [0.5, 0.6) is 0 Å². The molecule has 0 aliphatic rings. The van der Waals surface area contributed by atoms with Crippen LogP contribution >= 0.6 is 0 Å². The molecule has 0 aromatic heterocycles. The summed E-state index contributed by atoms with van der Waals surface area (Å²) in [5, 5.41) is 0. The number of rotatable bonds is 6. The molecule has 0 saturated heterocycles. The van der Waals surface area contributed by atoms with Crippen molar-refractivity contribution in [1.29, 1.82) is 0 Å². The molecule has 0 atom stereocenters. The lowest BCUT2D eigenvalue weighted by atomic mass is 9.92. The molecule has 1 rings (SSSR count). The first-order chi connectivity index (χ1) is 10.9. The number of carbonyl (C=O) groups excluding carboxylic acids is 1. The Labute approximate surface area is 143 Å². The quantitative estimate of drug-likeness (QED) is 0.319. The monoisotopic (exact) mass is 360 g/mol. The maximum atomic E-state index is 14.1. The summed E-state index contributed by atoms with van der Waals surface area (Å²) in [6.45, 7) is 12.0. The Bertz CT molecular complexity index is 593. The van der Waals surface area contributed by atoms with Crippen molar-refractivity contribution >= 4 is 27.2 Å². The average Bonchev–Trinajstić information content (AvgIpc) is 2.47. The molecular formula is C17H25BF4OSi. The summed E-state index contributed by atoms with van der Waals surface area (Å²) in [6.07, 6.45) is 0. The standard InChI is InChI=1S/C17H25BF4OSi/c1-8(2)24(9(3)4,10(5)6)7-11(23)12-14(19)16(21)13(18)17(22)15(12)20/h8-10H,7,18H2,1-6H3. The van der Waals surface area contributed by atoms with Crippen LogP contribution in [0.2, 0.25) is 22.7 Å². The van der Waals surface area contributed by atoms with Crippen LogP contribution in [-0.4, -0.2) is 21.7 Å². The summed E-state index contributed by atoms with van der Waals surface area (Å²) in [7, 11) is -1.35. The molecule has 0 aliphatic carbocycles. The predicted octanol–water partition coefficient (Wildman–Crippen LogP) is 4.36. The molecule has 7 heteroatoms. The van der Waals surface area contributed by atoms with E-state index in [0.29, 0.717) is 0 Å². The van der Waals surface area contributed by atoms with E-state index in [2.05, 4.69) is 0 Å². The van der Waals surface area contributed by atoms with Crippen molar-refractivity contribution in [3.05, 3.63) is 28.8 Å². The van der Waals surface area contributed by atoms with Crippen LogP contribution in [-0.2, 0) is 0 Å². The lowest BCUT2D eigenvalue weighted by molar-refractivity contribution is 0.0999.